The zero-order valence-corrected chi connectivity index (χ0v) is 16.9. The molecule has 1 aromatic rings. The molecular weight excluding hydrogens is 401 g/mol. The molecule has 1 aromatic carbocycles. The Morgan fingerprint density at radius 2 is 2.09 bits per heavy atom. The van der Waals surface area contributed by atoms with Gasteiger partial charge < -0.3 is 15.4 Å². The van der Waals surface area contributed by atoms with E-state index in [0.29, 0.717) is 6.04 Å². The van der Waals surface area contributed by atoms with Crippen LogP contribution in [0.25, 0.3) is 0 Å². The van der Waals surface area contributed by atoms with Crippen molar-refractivity contribution in [1.29, 1.82) is 0 Å². The molecule has 0 amide bonds. The molecule has 5 heteroatoms. The molecule has 0 bridgehead atoms. The lowest BCUT2D eigenvalue weighted by molar-refractivity contribution is 0.303. The number of halogens is 1. The van der Waals surface area contributed by atoms with Crippen molar-refractivity contribution in [3.63, 3.8) is 0 Å². The summed E-state index contributed by atoms with van der Waals surface area (Å²) in [7, 11) is 1.81. The predicted molar refractivity (Wildman–Crippen MR) is 108 cm³/mol. The van der Waals surface area contributed by atoms with Gasteiger partial charge in [0.2, 0.25) is 0 Å². The van der Waals surface area contributed by atoms with Crippen LogP contribution in [0.3, 0.4) is 0 Å². The highest BCUT2D eigenvalue weighted by molar-refractivity contribution is 14.0. The topological polar surface area (TPSA) is 45.6 Å². The maximum Gasteiger partial charge on any atom is 0.191 e. The summed E-state index contributed by atoms with van der Waals surface area (Å²) in [6.45, 7) is 5.83. The highest BCUT2D eigenvalue weighted by Gasteiger charge is 2.22. The van der Waals surface area contributed by atoms with Gasteiger partial charge in [-0.25, -0.2) is 0 Å². The first-order valence-corrected chi connectivity index (χ1v) is 8.42. The zero-order valence-electron chi connectivity index (χ0n) is 14.5. The van der Waals surface area contributed by atoms with Crippen molar-refractivity contribution in [2.75, 3.05) is 13.7 Å². The summed E-state index contributed by atoms with van der Waals surface area (Å²) < 4.78 is 5.98. The summed E-state index contributed by atoms with van der Waals surface area (Å²) in [5, 5.41) is 6.78. The first kappa shape index (κ1) is 20.1. The number of benzene rings is 1. The minimum absolute atomic E-state index is 0. The SMILES string of the molecule is CCCCCOc1cc(C)ccc1CNC(=NC)NC1CC1.I. The number of nitrogens with one attached hydrogen (secondary N) is 2. The van der Waals surface area contributed by atoms with Gasteiger partial charge in [0.15, 0.2) is 5.96 Å². The minimum Gasteiger partial charge on any atom is -0.493 e. The largest absolute Gasteiger partial charge is 0.493 e. The van der Waals surface area contributed by atoms with E-state index in [1.54, 1.807) is 0 Å². The molecule has 0 saturated heterocycles. The fourth-order valence-electron chi connectivity index (χ4n) is 2.27. The average molecular weight is 431 g/mol. The predicted octanol–water partition coefficient (Wildman–Crippen LogP) is 4.01. The van der Waals surface area contributed by atoms with Crippen molar-refractivity contribution in [2.24, 2.45) is 4.99 Å². The maximum atomic E-state index is 5.98. The fraction of sp³-hybridized carbons (Fsp3) is 0.611. The van der Waals surface area contributed by atoms with Crippen LogP contribution in [0.4, 0.5) is 0 Å². The lowest BCUT2D eigenvalue weighted by Crippen LogP contribution is -2.38. The zero-order chi connectivity index (χ0) is 15.8. The van der Waals surface area contributed by atoms with Crippen LogP contribution in [0.5, 0.6) is 5.75 Å². The average Bonchev–Trinajstić information content (AvgIpc) is 3.33. The molecule has 2 rings (SSSR count). The number of unbranched alkanes of at least 4 members (excludes halogenated alkanes) is 2. The Bertz CT molecular complexity index is 501. The van der Waals surface area contributed by atoms with Gasteiger partial charge in [0.25, 0.3) is 0 Å². The number of aliphatic imine (C=N–C) groups is 1. The van der Waals surface area contributed by atoms with Gasteiger partial charge in [-0.05, 0) is 37.8 Å². The first-order valence-electron chi connectivity index (χ1n) is 8.42. The number of ether oxygens (including phenoxy) is 1. The number of nitrogens with zero attached hydrogens (tertiary/aromatic N) is 1. The van der Waals surface area contributed by atoms with Gasteiger partial charge in [-0.2, -0.15) is 0 Å². The minimum atomic E-state index is 0. The molecule has 1 saturated carbocycles. The molecular formula is C18H30IN3O. The molecule has 1 fully saturated rings. The van der Waals surface area contributed by atoms with Crippen LogP contribution in [0, 0.1) is 6.92 Å². The summed E-state index contributed by atoms with van der Waals surface area (Å²) in [6, 6.07) is 7.00. The highest BCUT2D eigenvalue weighted by atomic mass is 127. The monoisotopic (exact) mass is 431 g/mol. The van der Waals surface area contributed by atoms with E-state index in [4.69, 9.17) is 4.74 Å². The lowest BCUT2D eigenvalue weighted by Gasteiger charge is -2.15. The Morgan fingerprint density at radius 1 is 1.30 bits per heavy atom. The Kier molecular flexibility index (Phi) is 9.36. The summed E-state index contributed by atoms with van der Waals surface area (Å²) in [6.07, 6.45) is 6.04. The third-order valence-electron chi connectivity index (χ3n) is 3.82. The van der Waals surface area contributed by atoms with E-state index in [0.717, 1.165) is 31.3 Å². The second-order valence-electron chi connectivity index (χ2n) is 6.01. The van der Waals surface area contributed by atoms with Gasteiger partial charge in [-0.1, -0.05) is 31.9 Å². The maximum absolute atomic E-state index is 5.98. The molecule has 23 heavy (non-hydrogen) atoms. The van der Waals surface area contributed by atoms with Crippen LogP contribution in [-0.4, -0.2) is 25.7 Å². The molecule has 0 radical (unpaired) electrons. The van der Waals surface area contributed by atoms with Crippen LogP contribution in [0.2, 0.25) is 0 Å². The molecule has 0 atom stereocenters. The van der Waals surface area contributed by atoms with Crippen molar-refractivity contribution in [3.05, 3.63) is 29.3 Å². The third-order valence-corrected chi connectivity index (χ3v) is 3.82. The van der Waals surface area contributed by atoms with Gasteiger partial charge in [-0.15, -0.1) is 24.0 Å². The van der Waals surface area contributed by atoms with E-state index in [-0.39, 0.29) is 24.0 Å². The Hall–Kier alpha value is -0.980. The van der Waals surface area contributed by atoms with Gasteiger partial charge in [0.05, 0.1) is 6.61 Å². The van der Waals surface area contributed by atoms with Crippen LogP contribution >= 0.6 is 24.0 Å². The standard InChI is InChI=1S/C18H29N3O.HI/c1-4-5-6-11-22-17-12-14(2)7-8-15(17)13-20-18(19-3)21-16-9-10-16;/h7-8,12,16H,4-6,9-11,13H2,1-3H3,(H2,19,20,21);1H. The Balaban J connectivity index is 0.00000264. The lowest BCUT2D eigenvalue weighted by atomic mass is 10.1. The van der Waals surface area contributed by atoms with E-state index < -0.39 is 0 Å². The molecule has 0 spiro atoms. The number of hydrogen-bond acceptors (Lipinski definition) is 2. The molecule has 2 N–H and O–H groups in total. The molecule has 1 aliphatic carbocycles. The number of hydrogen-bond donors (Lipinski definition) is 2. The van der Waals surface area contributed by atoms with Crippen LogP contribution < -0.4 is 15.4 Å². The van der Waals surface area contributed by atoms with E-state index >= 15 is 0 Å². The number of guanidine groups is 1. The van der Waals surface area contributed by atoms with Crippen molar-refractivity contribution >= 4 is 29.9 Å². The van der Waals surface area contributed by atoms with Gasteiger partial charge in [0, 0.05) is 25.2 Å². The molecule has 0 unspecified atom stereocenters. The Labute approximate surface area is 157 Å². The van der Waals surface area contributed by atoms with Crippen LogP contribution in [0.15, 0.2) is 23.2 Å². The summed E-state index contributed by atoms with van der Waals surface area (Å²) in [4.78, 5) is 4.27. The summed E-state index contributed by atoms with van der Waals surface area (Å²) >= 11 is 0. The van der Waals surface area contributed by atoms with Crippen molar-refractivity contribution in [2.45, 2.75) is 58.5 Å². The van der Waals surface area contributed by atoms with E-state index in [1.807, 2.05) is 7.05 Å². The van der Waals surface area contributed by atoms with E-state index in [9.17, 15) is 0 Å². The van der Waals surface area contributed by atoms with Gasteiger partial charge >= 0.3 is 0 Å². The second kappa shape index (κ2) is 10.7. The van der Waals surface area contributed by atoms with Gasteiger partial charge in [-0.3, -0.25) is 4.99 Å². The summed E-state index contributed by atoms with van der Waals surface area (Å²) in [5.41, 5.74) is 2.41. The van der Waals surface area contributed by atoms with E-state index in [1.165, 1.54) is 36.8 Å². The quantitative estimate of drug-likeness (QED) is 0.283. The normalized spacial score (nSPS) is 14.1. The summed E-state index contributed by atoms with van der Waals surface area (Å²) in [5.74, 6) is 1.87. The smallest absolute Gasteiger partial charge is 0.191 e. The molecule has 0 heterocycles. The van der Waals surface area contributed by atoms with Crippen LogP contribution in [0.1, 0.15) is 50.2 Å². The number of rotatable bonds is 8. The number of aryl methyl sites for hydroxylation is 1. The van der Waals surface area contributed by atoms with Crippen molar-refractivity contribution < 1.29 is 4.74 Å². The van der Waals surface area contributed by atoms with Crippen LogP contribution in [-0.2, 0) is 6.54 Å². The highest BCUT2D eigenvalue weighted by Crippen LogP contribution is 2.21. The third kappa shape index (κ3) is 7.42. The van der Waals surface area contributed by atoms with Crippen molar-refractivity contribution in [3.8, 4) is 5.75 Å². The molecule has 1 aliphatic rings. The molecule has 0 aliphatic heterocycles. The Morgan fingerprint density at radius 3 is 2.74 bits per heavy atom. The second-order valence-corrected chi connectivity index (χ2v) is 6.01. The molecule has 4 nitrogen and oxygen atoms in total. The van der Waals surface area contributed by atoms with Crippen molar-refractivity contribution in [1.82, 2.24) is 10.6 Å². The molecule has 0 aromatic heterocycles. The van der Waals surface area contributed by atoms with E-state index in [2.05, 4.69) is 47.7 Å². The molecule has 130 valence electrons. The fourth-order valence-corrected chi connectivity index (χ4v) is 2.27. The van der Waals surface area contributed by atoms with Gasteiger partial charge in [0.1, 0.15) is 5.75 Å². The first-order chi connectivity index (χ1) is 10.7.